The number of aromatic nitrogens is 2. The second-order valence-corrected chi connectivity index (χ2v) is 4.24. The highest BCUT2D eigenvalue weighted by atomic mass is 35.5. The minimum atomic E-state index is 0.239. The van der Waals surface area contributed by atoms with E-state index < -0.39 is 0 Å². The van der Waals surface area contributed by atoms with Gasteiger partial charge in [0.05, 0.1) is 24.1 Å². The highest BCUT2D eigenvalue weighted by Crippen LogP contribution is 2.17. The number of halogens is 1. The maximum atomic E-state index is 5.97. The number of hydrogen-bond donors (Lipinski definition) is 1. The van der Waals surface area contributed by atoms with Crippen LogP contribution in [0.3, 0.4) is 0 Å². The molecule has 4 nitrogen and oxygen atoms in total. The Morgan fingerprint density at radius 3 is 2.50 bits per heavy atom. The normalized spacial score (nSPS) is 10.9. The van der Waals surface area contributed by atoms with Crippen molar-refractivity contribution in [2.24, 2.45) is 0 Å². The SMILES string of the molecule is Cc1nc(Cl)c(NCCOC(C)C)nc1C. The summed E-state index contributed by atoms with van der Waals surface area (Å²) in [5, 5.41) is 3.52. The van der Waals surface area contributed by atoms with Gasteiger partial charge in [-0.2, -0.15) is 0 Å². The van der Waals surface area contributed by atoms with Crippen LogP contribution in [0.1, 0.15) is 25.2 Å². The van der Waals surface area contributed by atoms with Crippen molar-refractivity contribution in [3.63, 3.8) is 0 Å². The Kier molecular flexibility index (Phi) is 4.96. The van der Waals surface area contributed by atoms with Crippen molar-refractivity contribution in [1.29, 1.82) is 0 Å². The summed E-state index contributed by atoms with van der Waals surface area (Å²) in [4.78, 5) is 8.51. The van der Waals surface area contributed by atoms with Crippen LogP contribution in [0.2, 0.25) is 5.15 Å². The summed E-state index contributed by atoms with van der Waals surface area (Å²) in [5.74, 6) is 0.622. The largest absolute Gasteiger partial charge is 0.377 e. The third-order valence-corrected chi connectivity index (χ3v) is 2.37. The molecule has 0 saturated heterocycles. The van der Waals surface area contributed by atoms with Gasteiger partial charge in [0.15, 0.2) is 11.0 Å². The first-order valence-corrected chi connectivity index (χ1v) is 5.74. The zero-order chi connectivity index (χ0) is 12.1. The number of ether oxygens (including phenoxy) is 1. The molecule has 5 heteroatoms. The van der Waals surface area contributed by atoms with Gasteiger partial charge in [-0.25, -0.2) is 9.97 Å². The molecule has 0 aliphatic carbocycles. The molecule has 16 heavy (non-hydrogen) atoms. The third kappa shape index (κ3) is 3.94. The predicted molar refractivity (Wildman–Crippen MR) is 66.1 cm³/mol. The highest BCUT2D eigenvalue weighted by molar-refractivity contribution is 6.31. The van der Waals surface area contributed by atoms with Gasteiger partial charge in [0.2, 0.25) is 0 Å². The van der Waals surface area contributed by atoms with Gasteiger partial charge in [-0.1, -0.05) is 11.6 Å². The second-order valence-electron chi connectivity index (χ2n) is 3.88. The van der Waals surface area contributed by atoms with E-state index in [0.29, 0.717) is 24.1 Å². The van der Waals surface area contributed by atoms with Crippen molar-refractivity contribution in [2.75, 3.05) is 18.5 Å². The zero-order valence-corrected chi connectivity index (χ0v) is 10.9. The average molecular weight is 244 g/mol. The summed E-state index contributed by atoms with van der Waals surface area (Å²) in [7, 11) is 0. The van der Waals surface area contributed by atoms with Gasteiger partial charge in [-0.05, 0) is 27.7 Å². The molecule has 0 aliphatic heterocycles. The maximum Gasteiger partial charge on any atom is 0.171 e. The summed E-state index contributed by atoms with van der Waals surface area (Å²) in [6.45, 7) is 9.11. The summed E-state index contributed by atoms with van der Waals surface area (Å²) in [6, 6.07) is 0. The van der Waals surface area contributed by atoms with E-state index in [4.69, 9.17) is 16.3 Å². The summed E-state index contributed by atoms with van der Waals surface area (Å²) < 4.78 is 5.40. The average Bonchev–Trinajstić information content (AvgIpc) is 2.19. The molecule has 1 aromatic heterocycles. The van der Waals surface area contributed by atoms with E-state index in [1.165, 1.54) is 0 Å². The molecule has 0 amide bonds. The van der Waals surface area contributed by atoms with Crippen molar-refractivity contribution < 1.29 is 4.74 Å². The quantitative estimate of drug-likeness (QED) is 0.808. The Hall–Kier alpha value is -0.870. The minimum absolute atomic E-state index is 0.239. The Morgan fingerprint density at radius 2 is 1.88 bits per heavy atom. The summed E-state index contributed by atoms with van der Waals surface area (Å²) in [5.41, 5.74) is 1.74. The molecular weight excluding hydrogens is 226 g/mol. The third-order valence-electron chi connectivity index (χ3n) is 2.11. The second kappa shape index (κ2) is 6.01. The van der Waals surface area contributed by atoms with E-state index in [2.05, 4.69) is 15.3 Å². The van der Waals surface area contributed by atoms with Gasteiger partial charge in [-0.3, -0.25) is 0 Å². The summed E-state index contributed by atoms with van der Waals surface area (Å²) in [6.07, 6.45) is 0.239. The predicted octanol–water partition coefficient (Wildman–Crippen LogP) is 2.58. The number of nitrogens with zero attached hydrogens (tertiary/aromatic N) is 2. The molecular formula is C11H18ClN3O. The van der Waals surface area contributed by atoms with Crippen LogP contribution in [0.4, 0.5) is 5.82 Å². The van der Waals surface area contributed by atoms with Crippen LogP contribution in [0.25, 0.3) is 0 Å². The number of hydrogen-bond acceptors (Lipinski definition) is 4. The highest BCUT2D eigenvalue weighted by Gasteiger charge is 2.06. The van der Waals surface area contributed by atoms with Gasteiger partial charge < -0.3 is 10.1 Å². The Bertz CT molecular complexity index is 355. The molecule has 0 atom stereocenters. The van der Waals surface area contributed by atoms with E-state index in [1.54, 1.807) is 0 Å². The van der Waals surface area contributed by atoms with Crippen molar-refractivity contribution in [2.45, 2.75) is 33.8 Å². The first-order chi connectivity index (χ1) is 7.50. The lowest BCUT2D eigenvalue weighted by molar-refractivity contribution is 0.0870. The van der Waals surface area contributed by atoms with Crippen LogP contribution >= 0.6 is 11.6 Å². The molecule has 0 saturated carbocycles. The van der Waals surface area contributed by atoms with Crippen molar-refractivity contribution in [3.05, 3.63) is 16.5 Å². The first-order valence-electron chi connectivity index (χ1n) is 5.37. The molecule has 0 unspecified atom stereocenters. The molecule has 0 radical (unpaired) electrons. The number of rotatable bonds is 5. The smallest absolute Gasteiger partial charge is 0.171 e. The van der Waals surface area contributed by atoms with Gasteiger partial charge in [0, 0.05) is 6.54 Å². The fraction of sp³-hybridized carbons (Fsp3) is 0.636. The molecule has 1 N–H and O–H groups in total. The van der Waals surface area contributed by atoms with E-state index in [0.717, 1.165) is 11.4 Å². The van der Waals surface area contributed by atoms with Crippen LogP contribution in [-0.2, 0) is 4.74 Å². The van der Waals surface area contributed by atoms with Gasteiger partial charge in [0.1, 0.15) is 0 Å². The van der Waals surface area contributed by atoms with Crippen LogP contribution in [0.15, 0.2) is 0 Å². The molecule has 0 spiro atoms. The van der Waals surface area contributed by atoms with E-state index in [1.807, 2.05) is 27.7 Å². The fourth-order valence-corrected chi connectivity index (χ4v) is 1.39. The van der Waals surface area contributed by atoms with Crippen LogP contribution in [-0.4, -0.2) is 29.2 Å². The standard InChI is InChI=1S/C11H18ClN3O/c1-7(2)16-6-5-13-11-10(12)14-8(3)9(4)15-11/h7H,5-6H2,1-4H3,(H,13,15). The molecule has 0 fully saturated rings. The molecule has 90 valence electrons. The Labute approximate surface area is 101 Å². The van der Waals surface area contributed by atoms with E-state index >= 15 is 0 Å². The van der Waals surface area contributed by atoms with Crippen LogP contribution in [0.5, 0.6) is 0 Å². The molecule has 1 rings (SSSR count). The van der Waals surface area contributed by atoms with Crippen LogP contribution in [0, 0.1) is 13.8 Å². The van der Waals surface area contributed by atoms with E-state index in [-0.39, 0.29) is 6.10 Å². The number of aryl methyl sites for hydroxylation is 2. The van der Waals surface area contributed by atoms with Gasteiger partial charge in [-0.15, -0.1) is 0 Å². The molecule has 0 bridgehead atoms. The van der Waals surface area contributed by atoms with Gasteiger partial charge in [0.25, 0.3) is 0 Å². The molecule has 1 heterocycles. The van der Waals surface area contributed by atoms with Gasteiger partial charge >= 0.3 is 0 Å². The zero-order valence-electron chi connectivity index (χ0n) is 10.2. The molecule has 0 aromatic carbocycles. The van der Waals surface area contributed by atoms with Crippen molar-refractivity contribution >= 4 is 17.4 Å². The van der Waals surface area contributed by atoms with Crippen molar-refractivity contribution in [1.82, 2.24) is 9.97 Å². The lowest BCUT2D eigenvalue weighted by Gasteiger charge is -2.10. The maximum absolute atomic E-state index is 5.97. The molecule has 0 aliphatic rings. The summed E-state index contributed by atoms with van der Waals surface area (Å²) >= 11 is 5.97. The Balaban J connectivity index is 2.51. The fourth-order valence-electron chi connectivity index (χ4n) is 1.15. The van der Waals surface area contributed by atoms with E-state index in [9.17, 15) is 0 Å². The first kappa shape index (κ1) is 13.2. The molecule has 1 aromatic rings. The van der Waals surface area contributed by atoms with Crippen molar-refractivity contribution in [3.8, 4) is 0 Å². The minimum Gasteiger partial charge on any atom is -0.377 e. The number of nitrogens with one attached hydrogen (secondary N) is 1. The number of anilines is 1. The van der Waals surface area contributed by atoms with Crippen LogP contribution < -0.4 is 5.32 Å². The monoisotopic (exact) mass is 243 g/mol. The lowest BCUT2D eigenvalue weighted by atomic mass is 10.3. The Morgan fingerprint density at radius 1 is 1.25 bits per heavy atom. The lowest BCUT2D eigenvalue weighted by Crippen LogP contribution is -2.14. The topological polar surface area (TPSA) is 47.0 Å².